The van der Waals surface area contributed by atoms with Crippen molar-refractivity contribution >= 4 is 44.9 Å². The second-order valence-corrected chi connectivity index (χ2v) is 8.45. The van der Waals surface area contributed by atoms with E-state index in [4.69, 9.17) is 16.3 Å². The Morgan fingerprint density at radius 2 is 1.81 bits per heavy atom. The van der Waals surface area contributed by atoms with Crippen LogP contribution in [0.3, 0.4) is 0 Å². The first-order valence-electron chi connectivity index (χ1n) is 9.11. The van der Waals surface area contributed by atoms with Crippen molar-refractivity contribution in [3.63, 3.8) is 0 Å². The van der Waals surface area contributed by atoms with E-state index < -0.39 is 33.4 Å². The molecule has 0 aliphatic rings. The molecule has 0 unspecified atom stereocenters. The van der Waals surface area contributed by atoms with Crippen molar-refractivity contribution in [3.8, 4) is 0 Å². The molecular weight excluding hydrogens is 450 g/mol. The molecule has 0 saturated heterocycles. The van der Waals surface area contributed by atoms with Crippen molar-refractivity contribution in [3.05, 3.63) is 63.2 Å². The fourth-order valence-electron chi connectivity index (χ4n) is 2.67. The van der Waals surface area contributed by atoms with Gasteiger partial charge in [-0.05, 0) is 24.3 Å². The lowest BCUT2D eigenvalue weighted by Crippen LogP contribution is -2.31. The van der Waals surface area contributed by atoms with Gasteiger partial charge >= 0.3 is 5.97 Å². The fourth-order valence-corrected chi connectivity index (χ4v) is 4.63. The van der Waals surface area contributed by atoms with E-state index in [1.165, 1.54) is 40.7 Å². The molecule has 1 N–H and O–H groups in total. The maximum Gasteiger partial charge on any atom is 0.338 e. The molecule has 0 aliphatic carbocycles. The van der Waals surface area contributed by atoms with Crippen LogP contribution in [0.4, 0.5) is 11.4 Å². The number of anilines is 1. The maximum absolute atomic E-state index is 12.7. The number of para-hydroxylation sites is 2. The monoisotopic (exact) mass is 469 g/mol. The summed E-state index contributed by atoms with van der Waals surface area (Å²) >= 11 is 6.02. The molecule has 0 saturated carbocycles. The number of nitrogens with one attached hydrogen (secondary N) is 1. The summed E-state index contributed by atoms with van der Waals surface area (Å²) < 4.78 is 31.5. The van der Waals surface area contributed by atoms with Gasteiger partial charge in [0.15, 0.2) is 6.61 Å². The highest BCUT2D eigenvalue weighted by molar-refractivity contribution is 7.89. The van der Waals surface area contributed by atoms with Crippen LogP contribution in [-0.2, 0) is 19.6 Å². The van der Waals surface area contributed by atoms with E-state index in [9.17, 15) is 28.1 Å². The van der Waals surface area contributed by atoms with Gasteiger partial charge in [-0.25, -0.2) is 13.2 Å². The first-order valence-corrected chi connectivity index (χ1v) is 10.9. The molecule has 0 bridgehead atoms. The number of nitrogens with zero attached hydrogens (tertiary/aromatic N) is 2. The predicted octanol–water partition coefficient (Wildman–Crippen LogP) is 3.07. The van der Waals surface area contributed by atoms with E-state index in [2.05, 4.69) is 5.32 Å². The van der Waals surface area contributed by atoms with Gasteiger partial charge in [-0.1, -0.05) is 37.6 Å². The van der Waals surface area contributed by atoms with Crippen LogP contribution in [0.5, 0.6) is 0 Å². The Balaban J connectivity index is 2.13. The van der Waals surface area contributed by atoms with Crippen LogP contribution in [0.2, 0.25) is 5.02 Å². The SMILES string of the molecule is CCN(CC)S(=O)(=O)c1cc(C(=O)OCC(=O)Nc2ccccc2[N+](=O)[O-])ccc1Cl. The number of esters is 1. The summed E-state index contributed by atoms with van der Waals surface area (Å²) in [6, 6.07) is 9.10. The summed E-state index contributed by atoms with van der Waals surface area (Å²) in [5.41, 5.74) is -0.479. The molecule has 0 aliphatic heterocycles. The molecule has 0 atom stereocenters. The van der Waals surface area contributed by atoms with Crippen molar-refractivity contribution < 1.29 is 27.7 Å². The summed E-state index contributed by atoms with van der Waals surface area (Å²) in [6.45, 7) is 3.04. The van der Waals surface area contributed by atoms with Crippen LogP contribution >= 0.6 is 11.6 Å². The molecule has 166 valence electrons. The molecule has 0 spiro atoms. The Bertz CT molecular complexity index is 1100. The number of nitro benzene ring substituents is 1. The molecule has 2 aromatic carbocycles. The zero-order chi connectivity index (χ0) is 23.2. The van der Waals surface area contributed by atoms with Crippen LogP contribution in [0.25, 0.3) is 0 Å². The van der Waals surface area contributed by atoms with Crippen LogP contribution in [-0.4, -0.2) is 49.2 Å². The number of hydrogen-bond donors (Lipinski definition) is 1. The van der Waals surface area contributed by atoms with Gasteiger partial charge in [0.05, 0.1) is 15.5 Å². The Morgan fingerprint density at radius 3 is 2.42 bits per heavy atom. The summed E-state index contributed by atoms with van der Waals surface area (Å²) in [4.78, 5) is 34.4. The Labute approximate surface area is 184 Å². The molecule has 31 heavy (non-hydrogen) atoms. The predicted molar refractivity (Wildman–Crippen MR) is 114 cm³/mol. The summed E-state index contributed by atoms with van der Waals surface area (Å²) in [7, 11) is -3.92. The fraction of sp³-hybridized carbons (Fsp3) is 0.263. The number of carbonyl (C=O) groups excluding carboxylic acids is 2. The summed E-state index contributed by atoms with van der Waals surface area (Å²) in [5.74, 6) is -1.75. The quantitative estimate of drug-likeness (QED) is 0.338. The normalized spacial score (nSPS) is 11.2. The second kappa shape index (κ2) is 10.3. The van der Waals surface area contributed by atoms with Crippen molar-refractivity contribution in [2.24, 2.45) is 0 Å². The highest BCUT2D eigenvalue weighted by atomic mass is 35.5. The third-order valence-corrected chi connectivity index (χ3v) is 6.73. The maximum atomic E-state index is 12.7. The van der Waals surface area contributed by atoms with Gasteiger partial charge in [0, 0.05) is 19.2 Å². The minimum atomic E-state index is -3.92. The molecule has 2 rings (SSSR count). The Morgan fingerprint density at radius 1 is 1.16 bits per heavy atom. The highest BCUT2D eigenvalue weighted by Crippen LogP contribution is 2.26. The number of rotatable bonds is 9. The van der Waals surface area contributed by atoms with Gasteiger partial charge < -0.3 is 10.1 Å². The first-order chi connectivity index (χ1) is 14.6. The van der Waals surface area contributed by atoms with Gasteiger partial charge in [-0.15, -0.1) is 0 Å². The molecule has 0 heterocycles. The van der Waals surface area contributed by atoms with Gasteiger partial charge in [0.25, 0.3) is 11.6 Å². The average molecular weight is 470 g/mol. The topological polar surface area (TPSA) is 136 Å². The largest absolute Gasteiger partial charge is 0.452 e. The van der Waals surface area contributed by atoms with Crippen LogP contribution in [0, 0.1) is 10.1 Å². The lowest BCUT2D eigenvalue weighted by Gasteiger charge is -2.19. The van der Waals surface area contributed by atoms with E-state index in [-0.39, 0.29) is 39.9 Å². The van der Waals surface area contributed by atoms with Crippen molar-refractivity contribution in [2.45, 2.75) is 18.7 Å². The number of amides is 1. The number of hydrogen-bond acceptors (Lipinski definition) is 7. The number of carbonyl (C=O) groups is 2. The molecule has 12 heteroatoms. The smallest absolute Gasteiger partial charge is 0.338 e. The van der Waals surface area contributed by atoms with Crippen LogP contribution in [0.1, 0.15) is 24.2 Å². The Hall–Kier alpha value is -3.02. The highest BCUT2D eigenvalue weighted by Gasteiger charge is 2.26. The average Bonchev–Trinajstić information content (AvgIpc) is 2.73. The minimum Gasteiger partial charge on any atom is -0.452 e. The van der Waals surface area contributed by atoms with Crippen LogP contribution < -0.4 is 5.32 Å². The van der Waals surface area contributed by atoms with Gasteiger partial charge in [0.1, 0.15) is 10.6 Å². The number of benzene rings is 2. The van der Waals surface area contributed by atoms with Crippen LogP contribution in [0.15, 0.2) is 47.4 Å². The second-order valence-electron chi connectivity index (χ2n) is 6.13. The zero-order valence-electron chi connectivity index (χ0n) is 16.7. The third kappa shape index (κ3) is 5.78. The van der Waals surface area contributed by atoms with E-state index in [0.29, 0.717) is 0 Å². The molecule has 1 amide bonds. The molecule has 0 fully saturated rings. The minimum absolute atomic E-state index is 0.0485. The van der Waals surface area contributed by atoms with E-state index in [0.717, 1.165) is 6.07 Å². The van der Waals surface area contributed by atoms with Crippen molar-refractivity contribution in [2.75, 3.05) is 25.0 Å². The molecule has 0 radical (unpaired) electrons. The van der Waals surface area contributed by atoms with Gasteiger partial charge in [-0.3, -0.25) is 14.9 Å². The molecule has 0 aromatic heterocycles. The summed E-state index contributed by atoms with van der Waals surface area (Å²) in [5, 5.41) is 13.2. The number of halogens is 1. The molecule has 10 nitrogen and oxygen atoms in total. The van der Waals surface area contributed by atoms with Gasteiger partial charge in [0.2, 0.25) is 10.0 Å². The van der Waals surface area contributed by atoms with E-state index in [1.54, 1.807) is 13.8 Å². The first kappa shape index (κ1) is 24.3. The third-order valence-electron chi connectivity index (χ3n) is 4.20. The molecule has 2 aromatic rings. The standard InChI is InChI=1S/C19H20ClN3O7S/c1-3-22(4-2)31(28,29)17-11-13(9-10-14(17)20)19(25)30-12-18(24)21-15-7-5-6-8-16(15)23(26)27/h5-11H,3-4,12H2,1-2H3,(H,21,24). The lowest BCUT2D eigenvalue weighted by molar-refractivity contribution is -0.383. The molecular formula is C19H20ClN3O7S. The van der Waals surface area contributed by atoms with Crippen molar-refractivity contribution in [1.82, 2.24) is 4.31 Å². The summed E-state index contributed by atoms with van der Waals surface area (Å²) in [6.07, 6.45) is 0. The number of sulfonamides is 1. The lowest BCUT2D eigenvalue weighted by atomic mass is 10.2. The van der Waals surface area contributed by atoms with Gasteiger partial charge in [-0.2, -0.15) is 4.31 Å². The van der Waals surface area contributed by atoms with Crippen molar-refractivity contribution in [1.29, 1.82) is 0 Å². The zero-order valence-corrected chi connectivity index (χ0v) is 18.3. The van der Waals surface area contributed by atoms with E-state index in [1.807, 2.05) is 0 Å². The Kier molecular flexibility index (Phi) is 8.08. The van der Waals surface area contributed by atoms with E-state index >= 15 is 0 Å². The number of ether oxygens (including phenoxy) is 1. The number of nitro groups is 1.